The third-order valence-electron chi connectivity index (χ3n) is 4.06. The molecule has 3 aromatic rings. The maximum Gasteiger partial charge on any atom is 0.335 e. The van der Waals surface area contributed by atoms with E-state index in [1.165, 1.54) is 0 Å². The highest BCUT2D eigenvalue weighted by Crippen LogP contribution is 2.27. The van der Waals surface area contributed by atoms with Crippen LogP contribution in [0.25, 0.3) is 11.3 Å². The molecule has 1 aromatic heterocycles. The Morgan fingerprint density at radius 1 is 1.08 bits per heavy atom. The molecule has 2 N–H and O–H groups in total. The number of carboxylic acids is 1. The lowest BCUT2D eigenvalue weighted by Crippen LogP contribution is -2.03. The number of hydrogen-bond donors (Lipinski definition) is 2. The summed E-state index contributed by atoms with van der Waals surface area (Å²) in [7, 11) is 0. The Labute approximate surface area is 151 Å². The predicted molar refractivity (Wildman–Crippen MR) is 99.4 cm³/mol. The molecule has 0 fully saturated rings. The van der Waals surface area contributed by atoms with Crippen molar-refractivity contribution in [2.24, 2.45) is 0 Å². The zero-order valence-electron chi connectivity index (χ0n) is 14.0. The quantitative estimate of drug-likeness (QED) is 0.631. The number of hydrogen-bond acceptors (Lipinski definition) is 3. The maximum atomic E-state index is 11.1. The summed E-state index contributed by atoms with van der Waals surface area (Å²) >= 11 is 6.17. The Kier molecular flexibility index (Phi) is 4.81. The molecule has 4 nitrogen and oxygen atoms in total. The van der Waals surface area contributed by atoms with Crippen molar-refractivity contribution in [3.05, 3.63) is 76.0 Å². The summed E-state index contributed by atoms with van der Waals surface area (Å²) in [6.45, 7) is 4.34. The van der Waals surface area contributed by atoms with Gasteiger partial charge < -0.3 is 14.8 Å². The largest absolute Gasteiger partial charge is 0.478 e. The minimum absolute atomic E-state index is 0.252. The summed E-state index contributed by atoms with van der Waals surface area (Å²) in [5.74, 6) is 0.557. The van der Waals surface area contributed by atoms with Gasteiger partial charge in [-0.2, -0.15) is 0 Å². The molecule has 0 saturated carbocycles. The van der Waals surface area contributed by atoms with Gasteiger partial charge in [0, 0.05) is 16.3 Å². The summed E-state index contributed by atoms with van der Waals surface area (Å²) in [5, 5.41) is 13.0. The zero-order chi connectivity index (χ0) is 18.0. The van der Waals surface area contributed by atoms with Crippen molar-refractivity contribution in [1.82, 2.24) is 0 Å². The van der Waals surface area contributed by atoms with E-state index in [4.69, 9.17) is 21.1 Å². The molecular weight excluding hydrogens is 338 g/mol. The number of benzene rings is 2. The molecule has 0 aliphatic carbocycles. The Hall–Kier alpha value is -2.72. The molecule has 0 bridgehead atoms. The van der Waals surface area contributed by atoms with E-state index in [0.717, 1.165) is 33.9 Å². The highest BCUT2D eigenvalue weighted by atomic mass is 35.5. The number of anilines is 1. The topological polar surface area (TPSA) is 62.5 Å². The number of furan rings is 1. The SMILES string of the molecule is Cc1ccc(-c2ccc(CNc3cc(C(=O)O)ccc3C)o2)cc1Cl. The van der Waals surface area contributed by atoms with Crippen molar-refractivity contribution < 1.29 is 14.3 Å². The predicted octanol–water partition coefficient (Wildman–Crippen LogP) is 5.53. The van der Waals surface area contributed by atoms with Crippen LogP contribution in [0, 0.1) is 13.8 Å². The molecular formula is C20H18ClNO3. The summed E-state index contributed by atoms with van der Waals surface area (Å²) in [4.78, 5) is 11.1. The van der Waals surface area contributed by atoms with E-state index in [9.17, 15) is 4.79 Å². The van der Waals surface area contributed by atoms with Gasteiger partial charge in [0.15, 0.2) is 0 Å². The van der Waals surface area contributed by atoms with E-state index in [0.29, 0.717) is 11.6 Å². The van der Waals surface area contributed by atoms with Crippen molar-refractivity contribution in [3.8, 4) is 11.3 Å². The molecule has 2 aromatic carbocycles. The Bertz CT molecular complexity index is 930. The van der Waals surface area contributed by atoms with Crippen LogP contribution in [0.4, 0.5) is 5.69 Å². The van der Waals surface area contributed by atoms with Gasteiger partial charge in [0.25, 0.3) is 0 Å². The number of halogens is 1. The molecule has 0 saturated heterocycles. The molecule has 0 aliphatic heterocycles. The second-order valence-electron chi connectivity index (χ2n) is 5.92. The normalized spacial score (nSPS) is 10.7. The van der Waals surface area contributed by atoms with Gasteiger partial charge in [0.2, 0.25) is 0 Å². The fourth-order valence-corrected chi connectivity index (χ4v) is 2.68. The van der Waals surface area contributed by atoms with Gasteiger partial charge in [-0.3, -0.25) is 0 Å². The average Bonchev–Trinajstić information content (AvgIpc) is 3.05. The molecule has 0 radical (unpaired) electrons. The molecule has 0 spiro atoms. The maximum absolute atomic E-state index is 11.1. The van der Waals surface area contributed by atoms with Crippen LogP contribution in [0.3, 0.4) is 0 Å². The number of aromatic carboxylic acids is 1. The highest BCUT2D eigenvalue weighted by molar-refractivity contribution is 6.31. The van der Waals surface area contributed by atoms with Crippen LogP contribution in [0.15, 0.2) is 52.9 Å². The lowest BCUT2D eigenvalue weighted by Gasteiger charge is -2.09. The van der Waals surface area contributed by atoms with Crippen LogP contribution in [0.2, 0.25) is 5.02 Å². The lowest BCUT2D eigenvalue weighted by molar-refractivity contribution is 0.0697. The second kappa shape index (κ2) is 7.03. The molecule has 3 rings (SSSR count). The number of rotatable bonds is 5. The van der Waals surface area contributed by atoms with Crippen LogP contribution in [-0.2, 0) is 6.54 Å². The molecule has 0 aliphatic rings. The molecule has 0 amide bonds. The lowest BCUT2D eigenvalue weighted by atomic mass is 10.1. The standard InChI is InChI=1S/C20H18ClNO3/c1-12-3-5-14(9-17(12)21)19-8-7-16(25-19)11-22-18-10-15(20(23)24)6-4-13(18)2/h3-10,22H,11H2,1-2H3,(H,23,24). The first-order chi connectivity index (χ1) is 11.9. The smallest absolute Gasteiger partial charge is 0.335 e. The van der Waals surface area contributed by atoms with Crippen molar-refractivity contribution >= 4 is 23.3 Å². The number of aryl methyl sites for hydroxylation is 2. The van der Waals surface area contributed by atoms with Crippen LogP contribution < -0.4 is 5.32 Å². The van der Waals surface area contributed by atoms with Gasteiger partial charge in [-0.15, -0.1) is 0 Å². The molecule has 0 atom stereocenters. The van der Waals surface area contributed by atoms with Gasteiger partial charge >= 0.3 is 5.97 Å². The Morgan fingerprint density at radius 3 is 2.56 bits per heavy atom. The average molecular weight is 356 g/mol. The van der Waals surface area contributed by atoms with Crippen molar-refractivity contribution in [2.75, 3.05) is 5.32 Å². The van der Waals surface area contributed by atoms with Crippen molar-refractivity contribution in [1.29, 1.82) is 0 Å². The zero-order valence-corrected chi connectivity index (χ0v) is 14.7. The third-order valence-corrected chi connectivity index (χ3v) is 4.46. The molecule has 25 heavy (non-hydrogen) atoms. The van der Waals surface area contributed by atoms with Crippen LogP contribution in [-0.4, -0.2) is 11.1 Å². The van der Waals surface area contributed by atoms with Crippen LogP contribution >= 0.6 is 11.6 Å². The first-order valence-corrected chi connectivity index (χ1v) is 8.25. The highest BCUT2D eigenvalue weighted by Gasteiger charge is 2.09. The Balaban J connectivity index is 1.75. The van der Waals surface area contributed by atoms with E-state index in [1.807, 2.05) is 44.2 Å². The summed E-state index contributed by atoms with van der Waals surface area (Å²) in [6, 6.07) is 14.6. The number of carbonyl (C=O) groups is 1. The minimum Gasteiger partial charge on any atom is -0.478 e. The van der Waals surface area contributed by atoms with Crippen molar-refractivity contribution in [2.45, 2.75) is 20.4 Å². The van der Waals surface area contributed by atoms with Gasteiger partial charge in [-0.05, 0) is 55.3 Å². The summed E-state index contributed by atoms with van der Waals surface area (Å²) < 4.78 is 5.87. The molecule has 1 heterocycles. The van der Waals surface area contributed by atoms with E-state index in [1.54, 1.807) is 18.2 Å². The first-order valence-electron chi connectivity index (χ1n) is 7.87. The third kappa shape index (κ3) is 3.86. The fraction of sp³-hybridized carbons (Fsp3) is 0.150. The van der Waals surface area contributed by atoms with E-state index >= 15 is 0 Å². The van der Waals surface area contributed by atoms with Crippen molar-refractivity contribution in [3.63, 3.8) is 0 Å². The minimum atomic E-state index is -0.945. The van der Waals surface area contributed by atoms with Gasteiger partial charge in [-0.1, -0.05) is 29.8 Å². The second-order valence-corrected chi connectivity index (χ2v) is 6.33. The Morgan fingerprint density at radius 2 is 1.84 bits per heavy atom. The fourth-order valence-electron chi connectivity index (χ4n) is 2.50. The van der Waals surface area contributed by atoms with Gasteiger partial charge in [0.1, 0.15) is 11.5 Å². The van der Waals surface area contributed by atoms with E-state index in [2.05, 4.69) is 5.32 Å². The number of carboxylic acid groups (broad SMARTS) is 1. The monoisotopic (exact) mass is 355 g/mol. The first kappa shape index (κ1) is 17.1. The summed E-state index contributed by atoms with van der Waals surface area (Å²) in [5.41, 5.74) is 3.94. The van der Waals surface area contributed by atoms with Crippen LogP contribution in [0.5, 0.6) is 0 Å². The van der Waals surface area contributed by atoms with Gasteiger partial charge in [-0.25, -0.2) is 4.79 Å². The van der Waals surface area contributed by atoms with E-state index < -0.39 is 5.97 Å². The summed E-state index contributed by atoms with van der Waals surface area (Å²) in [6.07, 6.45) is 0. The molecule has 5 heteroatoms. The van der Waals surface area contributed by atoms with E-state index in [-0.39, 0.29) is 5.56 Å². The molecule has 128 valence electrons. The number of nitrogens with one attached hydrogen (secondary N) is 1. The molecule has 0 unspecified atom stereocenters. The van der Waals surface area contributed by atoms with Gasteiger partial charge in [0.05, 0.1) is 12.1 Å². The van der Waals surface area contributed by atoms with Crippen LogP contribution in [0.1, 0.15) is 27.2 Å².